The maximum atomic E-state index is 13.4. The van der Waals surface area contributed by atoms with Crippen LogP contribution in [-0.2, 0) is 23.9 Å². The van der Waals surface area contributed by atoms with Crippen molar-refractivity contribution in [2.45, 2.75) is 31.5 Å². The molecule has 0 saturated heterocycles. The number of aryl methyl sites for hydroxylation is 2. The van der Waals surface area contributed by atoms with Gasteiger partial charge in [-0.15, -0.1) is 0 Å². The summed E-state index contributed by atoms with van der Waals surface area (Å²) in [6.07, 6.45) is -3.02. The van der Waals surface area contributed by atoms with Crippen LogP contribution in [0.5, 0.6) is 0 Å². The predicted molar refractivity (Wildman–Crippen MR) is 82.2 cm³/mol. The molecule has 2 aromatic rings. The zero-order valence-corrected chi connectivity index (χ0v) is 13.3. The maximum absolute atomic E-state index is 13.4. The van der Waals surface area contributed by atoms with Crippen LogP contribution in [-0.4, -0.2) is 26.7 Å². The zero-order chi connectivity index (χ0) is 18.0. The summed E-state index contributed by atoms with van der Waals surface area (Å²) in [5, 5.41) is 12.5. The Labute approximate surface area is 137 Å². The number of halogens is 3. The Balaban J connectivity index is 2.20. The van der Waals surface area contributed by atoms with Crippen LogP contribution in [0.1, 0.15) is 24.7 Å². The standard InChI is InChI=1S/C16H18F3N3O2/c1-3-11-4-6-12(7-5-11)21-13(23)10-15(24,16(17,18)19)14-20-8-9-22(14)2/h4-9,24H,3,10H2,1-2H3,(H,21,23)/t15-/m0/s1. The molecule has 0 fully saturated rings. The first-order valence-electron chi connectivity index (χ1n) is 7.33. The number of imidazole rings is 1. The number of amides is 1. The highest BCUT2D eigenvalue weighted by Crippen LogP contribution is 2.40. The van der Waals surface area contributed by atoms with Crippen molar-refractivity contribution in [3.05, 3.63) is 48.0 Å². The minimum atomic E-state index is -5.05. The molecule has 0 radical (unpaired) electrons. The van der Waals surface area contributed by atoms with Crippen molar-refractivity contribution in [2.24, 2.45) is 7.05 Å². The Kier molecular flexibility index (Phi) is 4.98. The molecule has 2 rings (SSSR count). The first kappa shape index (κ1) is 18.0. The zero-order valence-electron chi connectivity index (χ0n) is 13.3. The molecule has 0 unspecified atom stereocenters. The Morgan fingerprint density at radius 2 is 1.92 bits per heavy atom. The lowest BCUT2D eigenvalue weighted by atomic mass is 9.97. The first-order chi connectivity index (χ1) is 11.2. The van der Waals surface area contributed by atoms with E-state index in [-0.39, 0.29) is 0 Å². The van der Waals surface area contributed by atoms with Gasteiger partial charge in [0.1, 0.15) is 0 Å². The second-order valence-electron chi connectivity index (χ2n) is 5.50. The number of aliphatic hydroxyl groups is 1. The van der Waals surface area contributed by atoms with Gasteiger partial charge in [-0.1, -0.05) is 19.1 Å². The van der Waals surface area contributed by atoms with Crippen LogP contribution in [0.2, 0.25) is 0 Å². The quantitative estimate of drug-likeness (QED) is 0.879. The topological polar surface area (TPSA) is 67.2 Å². The molecule has 1 aromatic heterocycles. The van der Waals surface area contributed by atoms with E-state index in [4.69, 9.17) is 0 Å². The Hall–Kier alpha value is -2.35. The average Bonchev–Trinajstić information content (AvgIpc) is 2.93. The SMILES string of the molecule is CCc1ccc(NC(=O)C[C@](O)(c2nccn2C)C(F)(F)F)cc1. The number of alkyl halides is 3. The monoisotopic (exact) mass is 341 g/mol. The van der Waals surface area contributed by atoms with E-state index in [9.17, 15) is 23.1 Å². The summed E-state index contributed by atoms with van der Waals surface area (Å²) in [5.41, 5.74) is -1.96. The lowest BCUT2D eigenvalue weighted by molar-refractivity contribution is -0.270. The van der Waals surface area contributed by atoms with Gasteiger partial charge in [0.05, 0.1) is 6.42 Å². The van der Waals surface area contributed by atoms with Crippen molar-refractivity contribution >= 4 is 11.6 Å². The van der Waals surface area contributed by atoms with Crippen molar-refractivity contribution in [1.82, 2.24) is 9.55 Å². The third kappa shape index (κ3) is 3.59. The molecule has 0 aliphatic heterocycles. The molecule has 1 atom stereocenters. The van der Waals surface area contributed by atoms with Crippen LogP contribution in [0.4, 0.5) is 18.9 Å². The van der Waals surface area contributed by atoms with E-state index in [1.807, 2.05) is 6.92 Å². The van der Waals surface area contributed by atoms with E-state index in [0.717, 1.165) is 22.7 Å². The van der Waals surface area contributed by atoms with Crippen molar-refractivity contribution in [1.29, 1.82) is 0 Å². The van der Waals surface area contributed by atoms with Crippen LogP contribution in [0.25, 0.3) is 0 Å². The fourth-order valence-electron chi connectivity index (χ4n) is 2.33. The number of carbonyl (C=O) groups is 1. The molecule has 1 heterocycles. The van der Waals surface area contributed by atoms with Crippen LogP contribution < -0.4 is 5.32 Å². The van der Waals surface area contributed by atoms with E-state index in [2.05, 4.69) is 10.3 Å². The molecule has 1 aromatic carbocycles. The normalized spacial score (nSPS) is 14.2. The van der Waals surface area contributed by atoms with Gasteiger partial charge in [0.2, 0.25) is 11.5 Å². The number of benzene rings is 1. The van der Waals surface area contributed by atoms with Crippen molar-refractivity contribution in [2.75, 3.05) is 5.32 Å². The summed E-state index contributed by atoms with van der Waals surface area (Å²) in [6, 6.07) is 6.74. The molecule has 2 N–H and O–H groups in total. The fourth-order valence-corrected chi connectivity index (χ4v) is 2.33. The number of rotatable bonds is 5. The van der Waals surface area contributed by atoms with E-state index in [1.54, 1.807) is 24.3 Å². The van der Waals surface area contributed by atoms with Gasteiger partial charge < -0.3 is 15.0 Å². The van der Waals surface area contributed by atoms with Crippen LogP contribution in [0.3, 0.4) is 0 Å². The van der Waals surface area contributed by atoms with Gasteiger partial charge in [-0.3, -0.25) is 4.79 Å². The van der Waals surface area contributed by atoms with E-state index < -0.39 is 29.9 Å². The summed E-state index contributed by atoms with van der Waals surface area (Å²) >= 11 is 0. The van der Waals surface area contributed by atoms with Crippen LogP contribution in [0, 0.1) is 0 Å². The highest BCUT2D eigenvalue weighted by molar-refractivity contribution is 5.91. The van der Waals surface area contributed by atoms with Crippen LogP contribution >= 0.6 is 0 Å². The smallest absolute Gasteiger partial charge is 0.374 e. The van der Waals surface area contributed by atoms with Gasteiger partial charge in [0, 0.05) is 25.1 Å². The lowest BCUT2D eigenvalue weighted by Gasteiger charge is -2.29. The number of hydrogen-bond donors (Lipinski definition) is 2. The summed E-state index contributed by atoms with van der Waals surface area (Å²) in [5.74, 6) is -1.59. The van der Waals surface area contributed by atoms with Gasteiger partial charge >= 0.3 is 6.18 Å². The highest BCUT2D eigenvalue weighted by atomic mass is 19.4. The lowest BCUT2D eigenvalue weighted by Crippen LogP contribution is -2.46. The first-order valence-corrected chi connectivity index (χ1v) is 7.33. The molecule has 1 amide bonds. The largest absolute Gasteiger partial charge is 0.425 e. The van der Waals surface area contributed by atoms with Gasteiger partial charge in [-0.05, 0) is 24.1 Å². The van der Waals surface area contributed by atoms with Gasteiger partial charge in [0.15, 0.2) is 5.82 Å². The Morgan fingerprint density at radius 1 is 1.29 bits per heavy atom. The molecular weight excluding hydrogens is 323 g/mol. The molecule has 24 heavy (non-hydrogen) atoms. The summed E-state index contributed by atoms with van der Waals surface area (Å²) in [7, 11) is 1.32. The number of nitrogens with zero attached hydrogens (tertiary/aromatic N) is 2. The molecule has 0 aliphatic carbocycles. The molecular formula is C16H18F3N3O2. The number of aromatic nitrogens is 2. The molecule has 5 nitrogen and oxygen atoms in total. The molecule has 0 aliphatic rings. The van der Waals surface area contributed by atoms with Crippen molar-refractivity contribution in [3.8, 4) is 0 Å². The van der Waals surface area contributed by atoms with E-state index in [1.165, 1.54) is 13.2 Å². The number of carbonyl (C=O) groups excluding carboxylic acids is 1. The van der Waals surface area contributed by atoms with Crippen LogP contribution in [0.15, 0.2) is 36.7 Å². The molecule has 0 spiro atoms. The van der Waals surface area contributed by atoms with Crippen molar-refractivity contribution in [3.63, 3.8) is 0 Å². The predicted octanol–water partition coefficient (Wildman–Crippen LogP) is 2.76. The second-order valence-corrected chi connectivity index (χ2v) is 5.50. The molecule has 8 heteroatoms. The molecule has 0 saturated carbocycles. The van der Waals surface area contributed by atoms with E-state index >= 15 is 0 Å². The van der Waals surface area contributed by atoms with Gasteiger partial charge in [-0.2, -0.15) is 13.2 Å². The van der Waals surface area contributed by atoms with Crippen molar-refractivity contribution < 1.29 is 23.1 Å². The number of hydrogen-bond acceptors (Lipinski definition) is 3. The van der Waals surface area contributed by atoms with E-state index in [0.29, 0.717) is 5.69 Å². The minimum absolute atomic E-state index is 0.363. The third-order valence-electron chi connectivity index (χ3n) is 3.72. The minimum Gasteiger partial charge on any atom is -0.374 e. The van der Waals surface area contributed by atoms with Gasteiger partial charge in [0.25, 0.3) is 0 Å². The third-order valence-corrected chi connectivity index (χ3v) is 3.72. The fraction of sp³-hybridized carbons (Fsp3) is 0.375. The molecule has 0 bridgehead atoms. The highest BCUT2D eigenvalue weighted by Gasteiger charge is 2.58. The molecule has 130 valence electrons. The number of nitrogens with one attached hydrogen (secondary N) is 1. The summed E-state index contributed by atoms with van der Waals surface area (Å²) in [6.45, 7) is 1.96. The second kappa shape index (κ2) is 6.64. The summed E-state index contributed by atoms with van der Waals surface area (Å²) in [4.78, 5) is 15.6. The van der Waals surface area contributed by atoms with Gasteiger partial charge in [-0.25, -0.2) is 4.98 Å². The Bertz CT molecular complexity index is 710. The average molecular weight is 341 g/mol. The Morgan fingerprint density at radius 3 is 2.38 bits per heavy atom. The maximum Gasteiger partial charge on any atom is 0.425 e. The summed E-state index contributed by atoms with van der Waals surface area (Å²) < 4.78 is 41.1. The number of anilines is 1.